The van der Waals surface area contributed by atoms with Gasteiger partial charge in [-0.15, -0.1) is 6.58 Å². The molecule has 1 amide bonds. The number of aliphatic hydroxyl groups is 2. The van der Waals surface area contributed by atoms with Gasteiger partial charge in [-0.2, -0.15) is 0 Å². The molecule has 7 aromatic carbocycles. The van der Waals surface area contributed by atoms with Gasteiger partial charge >= 0.3 is 6.09 Å². The van der Waals surface area contributed by atoms with Gasteiger partial charge in [0.2, 0.25) is 5.79 Å². The average molecular weight is 1090 g/mol. The first kappa shape index (κ1) is 56.1. The minimum atomic E-state index is -1.59. The van der Waals surface area contributed by atoms with Crippen LogP contribution in [0.3, 0.4) is 0 Å². The zero-order valence-corrected chi connectivity index (χ0v) is 45.4. The second-order valence-corrected chi connectivity index (χ2v) is 20.9. The van der Waals surface area contributed by atoms with E-state index in [1.54, 1.807) is 23.1 Å². The number of nitro benzene ring substituents is 1. The number of unbranched alkanes of at least 4 members (excludes halogenated alkanes) is 2. The van der Waals surface area contributed by atoms with Gasteiger partial charge in [0.1, 0.15) is 36.5 Å². The molecule has 7 aromatic rings. The number of ether oxygens (including phenoxy) is 5. The van der Waals surface area contributed by atoms with Crippen molar-refractivity contribution in [3.8, 4) is 28.4 Å². The number of non-ortho nitro benzene ring substituents is 1. The molecule has 0 bridgehead atoms. The highest BCUT2D eigenvalue weighted by Gasteiger charge is 2.66. The SMILES string of the molecule is C=CCOC12Oc3ccc(Oc4ccc(-c5ccccc5)cc4)cc3C3C(CCCCO)C(CCCCO)C=C(C(=NOCc4ccc([N+](=O)[O-])cc4)CC1N(Cc1cccc4ccccc14)C(=O)OCCOCc1ccccc1)C32. The quantitative estimate of drug-likeness (QED) is 0.0229. The minimum Gasteiger partial charge on any atom is -0.459 e. The number of carbonyl (C=O) groups is 1. The van der Waals surface area contributed by atoms with Gasteiger partial charge in [0.05, 0.1) is 42.9 Å². The highest BCUT2D eigenvalue weighted by Crippen LogP contribution is 2.62. The Balaban J connectivity index is 1.12. The molecule has 14 heteroatoms. The minimum absolute atomic E-state index is 0.00641. The van der Waals surface area contributed by atoms with E-state index in [4.69, 9.17) is 33.7 Å². The Morgan fingerprint density at radius 1 is 0.765 bits per heavy atom. The maximum atomic E-state index is 15.5. The van der Waals surface area contributed by atoms with Crippen molar-refractivity contribution in [1.82, 2.24) is 4.90 Å². The maximum absolute atomic E-state index is 15.5. The zero-order chi connectivity index (χ0) is 56.0. The second-order valence-electron chi connectivity index (χ2n) is 20.9. The summed E-state index contributed by atoms with van der Waals surface area (Å²) in [5.74, 6) is -0.818. The number of allylic oxidation sites excluding steroid dienone is 1. The molecule has 81 heavy (non-hydrogen) atoms. The van der Waals surface area contributed by atoms with Crippen molar-refractivity contribution < 1.29 is 48.5 Å². The number of oxime groups is 1. The summed E-state index contributed by atoms with van der Waals surface area (Å²) in [4.78, 5) is 34.6. The van der Waals surface area contributed by atoms with E-state index in [-0.39, 0.29) is 76.0 Å². The summed E-state index contributed by atoms with van der Waals surface area (Å²) >= 11 is 0. The third kappa shape index (κ3) is 13.1. The van der Waals surface area contributed by atoms with Crippen LogP contribution in [0.15, 0.2) is 199 Å². The number of rotatable bonds is 26. The topological polar surface area (TPSA) is 172 Å². The van der Waals surface area contributed by atoms with Crippen LogP contribution in [-0.4, -0.2) is 76.7 Å². The van der Waals surface area contributed by atoms with Gasteiger partial charge < -0.3 is 38.7 Å². The third-order valence-corrected chi connectivity index (χ3v) is 15.8. The first-order chi connectivity index (χ1) is 39.8. The van der Waals surface area contributed by atoms with E-state index in [0.29, 0.717) is 48.0 Å². The van der Waals surface area contributed by atoms with Crippen molar-refractivity contribution in [2.24, 2.45) is 22.9 Å². The van der Waals surface area contributed by atoms with Crippen LogP contribution in [-0.2, 0) is 38.8 Å². The fourth-order valence-electron chi connectivity index (χ4n) is 12.0. The molecule has 1 fully saturated rings. The Bertz CT molecular complexity index is 3290. The molecule has 1 heterocycles. The summed E-state index contributed by atoms with van der Waals surface area (Å²) in [6.45, 7) is 4.83. The molecular weight excluding hydrogens is 1020 g/mol. The maximum Gasteiger partial charge on any atom is 0.410 e. The lowest BCUT2D eigenvalue weighted by Gasteiger charge is -2.59. The summed E-state index contributed by atoms with van der Waals surface area (Å²) in [6, 6.07) is 53.3. The molecule has 6 atom stereocenters. The van der Waals surface area contributed by atoms with Crippen molar-refractivity contribution in [3.63, 3.8) is 0 Å². The van der Waals surface area contributed by atoms with E-state index >= 15 is 4.79 Å². The van der Waals surface area contributed by atoms with E-state index in [1.807, 2.05) is 127 Å². The Kier molecular flexibility index (Phi) is 18.6. The van der Waals surface area contributed by atoms with Crippen LogP contribution < -0.4 is 9.47 Å². The summed E-state index contributed by atoms with van der Waals surface area (Å²) < 4.78 is 33.9. The molecule has 1 aliphatic heterocycles. The van der Waals surface area contributed by atoms with Crippen LogP contribution in [0.4, 0.5) is 10.5 Å². The summed E-state index contributed by atoms with van der Waals surface area (Å²) in [5, 5.41) is 38.9. The Labute approximate surface area is 473 Å². The first-order valence-corrected chi connectivity index (χ1v) is 28.1. The van der Waals surface area contributed by atoms with Gasteiger partial charge in [0.25, 0.3) is 5.69 Å². The van der Waals surface area contributed by atoms with Crippen molar-refractivity contribution in [2.45, 2.75) is 82.5 Å². The Morgan fingerprint density at radius 3 is 2.21 bits per heavy atom. The molecule has 0 saturated heterocycles. The molecule has 6 unspecified atom stereocenters. The van der Waals surface area contributed by atoms with E-state index in [9.17, 15) is 20.3 Å². The van der Waals surface area contributed by atoms with Gasteiger partial charge in [-0.25, -0.2) is 4.79 Å². The number of hydrogen-bond acceptors (Lipinski definition) is 12. The number of benzene rings is 7. The largest absolute Gasteiger partial charge is 0.459 e. The monoisotopic (exact) mass is 1090 g/mol. The molecule has 14 nitrogen and oxygen atoms in total. The summed E-state index contributed by atoms with van der Waals surface area (Å²) in [5.41, 5.74) is 6.99. The van der Waals surface area contributed by atoms with E-state index in [2.05, 4.69) is 30.9 Å². The van der Waals surface area contributed by atoms with Crippen molar-refractivity contribution in [2.75, 3.05) is 33.0 Å². The molecule has 10 rings (SSSR count). The molecule has 2 N–H and O–H groups in total. The fourth-order valence-corrected chi connectivity index (χ4v) is 12.0. The third-order valence-electron chi connectivity index (χ3n) is 15.8. The molecule has 0 radical (unpaired) electrons. The Hall–Kier alpha value is -8.14. The predicted octanol–water partition coefficient (Wildman–Crippen LogP) is 13.9. The Morgan fingerprint density at radius 2 is 1.46 bits per heavy atom. The normalized spacial score (nSPS) is 20.3. The zero-order valence-electron chi connectivity index (χ0n) is 45.4. The van der Waals surface area contributed by atoms with E-state index in [1.165, 1.54) is 12.1 Å². The average Bonchev–Trinajstić information content (AvgIpc) is 3.61. The highest BCUT2D eigenvalue weighted by atomic mass is 16.7. The lowest BCUT2D eigenvalue weighted by Crippen LogP contribution is -2.70. The molecule has 0 spiro atoms. The lowest BCUT2D eigenvalue weighted by atomic mass is 9.55. The summed E-state index contributed by atoms with van der Waals surface area (Å²) in [7, 11) is 0. The summed E-state index contributed by atoms with van der Waals surface area (Å²) in [6.07, 6.45) is 7.67. The van der Waals surface area contributed by atoms with E-state index < -0.39 is 28.8 Å². The molecule has 2 aliphatic carbocycles. The highest BCUT2D eigenvalue weighted by molar-refractivity contribution is 6.03. The van der Waals surface area contributed by atoms with Crippen LogP contribution in [0.2, 0.25) is 0 Å². The number of carbonyl (C=O) groups excluding carboxylic acids is 1. The molecule has 3 aliphatic rings. The van der Waals surface area contributed by atoms with Crippen LogP contribution in [0.1, 0.15) is 73.1 Å². The number of nitrogens with zero attached hydrogens (tertiary/aromatic N) is 3. The fraction of sp³-hybridized carbons (Fsp3) is 0.313. The molecule has 1 saturated carbocycles. The van der Waals surface area contributed by atoms with Gasteiger partial charge in [0.15, 0.2) is 0 Å². The van der Waals surface area contributed by atoms with Gasteiger partial charge in [-0.1, -0.05) is 145 Å². The van der Waals surface area contributed by atoms with Gasteiger partial charge in [-0.05, 0) is 124 Å². The van der Waals surface area contributed by atoms with Crippen molar-refractivity contribution >= 4 is 28.3 Å². The number of nitro groups is 1. The molecular formula is C67H69N3O11. The number of fused-ring (bicyclic) bond motifs is 3. The number of amides is 1. The van der Waals surface area contributed by atoms with E-state index in [0.717, 1.165) is 69.8 Å². The molecule has 0 aromatic heterocycles. The second kappa shape index (κ2) is 26.9. The smallest absolute Gasteiger partial charge is 0.410 e. The van der Waals surface area contributed by atoms with Crippen LogP contribution in [0, 0.1) is 27.9 Å². The van der Waals surface area contributed by atoms with Crippen LogP contribution in [0.5, 0.6) is 17.2 Å². The number of aliphatic hydroxyl groups excluding tert-OH is 2. The van der Waals surface area contributed by atoms with Crippen molar-refractivity contribution in [1.29, 1.82) is 0 Å². The van der Waals surface area contributed by atoms with Crippen molar-refractivity contribution in [3.05, 3.63) is 227 Å². The van der Waals surface area contributed by atoms with Crippen LogP contribution >= 0.6 is 0 Å². The van der Waals surface area contributed by atoms with Gasteiger partial charge in [0, 0.05) is 43.2 Å². The number of hydrogen-bond donors (Lipinski definition) is 2. The predicted molar refractivity (Wildman–Crippen MR) is 312 cm³/mol. The van der Waals surface area contributed by atoms with Gasteiger partial charge in [-0.3, -0.25) is 15.0 Å². The lowest BCUT2D eigenvalue weighted by molar-refractivity contribution is -0.384. The standard InChI is InChI=1S/C67H69N3O11/c1-2-38-78-67-63(69(44-53-23-15-22-51-20-9-10-24-57(51)53)66(73)77-40-39-76-45-47-16-5-3-6-17-47)43-61(68-79-46-48-26-30-54(31-27-48)70(74)75)59-41-52(21-11-13-36-71)58(25-12-14-37-72)64(65(59)67)60-42-56(34-35-62(60)81-67)80-55-32-28-50(29-33-55)49-18-7-4-8-19-49/h2-10,15-20,22-24,26-35,41-42,52,58,63-65,71-72H,1,11-14,21,25,36-40,43-46H2. The molecule has 418 valence electrons. The van der Waals surface area contributed by atoms with Crippen LogP contribution in [0.25, 0.3) is 21.9 Å². The first-order valence-electron chi connectivity index (χ1n) is 28.1.